The second-order valence-corrected chi connectivity index (χ2v) is 4.01. The normalized spacial score (nSPS) is 16.7. The highest BCUT2D eigenvalue weighted by molar-refractivity contribution is 7.08. The van der Waals surface area contributed by atoms with Gasteiger partial charge in [0.05, 0.1) is 11.7 Å². The molecule has 80 valence electrons. The molecule has 2 atom stereocenters. The van der Waals surface area contributed by atoms with Crippen LogP contribution in [0.15, 0.2) is 10.8 Å². The minimum Gasteiger partial charge on any atom is -0.393 e. The molecule has 0 saturated carbocycles. The molecule has 0 aliphatic rings. The van der Waals surface area contributed by atoms with Crippen LogP contribution >= 0.6 is 11.3 Å². The van der Waals surface area contributed by atoms with Crippen LogP contribution in [0.3, 0.4) is 0 Å². The van der Waals surface area contributed by atoms with E-state index in [-0.39, 0.29) is 5.56 Å². The van der Waals surface area contributed by atoms with Crippen molar-refractivity contribution in [3.8, 4) is 0 Å². The number of alkyl halides is 3. The number of rotatable bonds is 2. The van der Waals surface area contributed by atoms with Crippen LogP contribution < -0.4 is 0 Å². The Morgan fingerprint density at radius 1 is 1.29 bits per heavy atom. The SMILES string of the molecule is CC(O)C(C)c1cscc1C(F)(F)F. The van der Waals surface area contributed by atoms with Gasteiger partial charge in [0, 0.05) is 11.3 Å². The molecule has 14 heavy (non-hydrogen) atoms. The molecule has 0 aliphatic carbocycles. The molecule has 1 aromatic rings. The first-order valence-corrected chi connectivity index (χ1v) is 5.09. The quantitative estimate of drug-likeness (QED) is 0.817. The topological polar surface area (TPSA) is 20.2 Å². The Balaban J connectivity index is 3.05. The Labute approximate surface area is 84.2 Å². The lowest BCUT2D eigenvalue weighted by Crippen LogP contribution is -2.15. The Hall–Kier alpha value is -0.550. The van der Waals surface area contributed by atoms with Gasteiger partial charge in [-0.3, -0.25) is 0 Å². The summed E-state index contributed by atoms with van der Waals surface area (Å²) in [6, 6.07) is 0. The molecule has 1 heterocycles. The summed E-state index contributed by atoms with van der Waals surface area (Å²) >= 11 is 1.01. The van der Waals surface area contributed by atoms with Crippen molar-refractivity contribution >= 4 is 11.3 Å². The van der Waals surface area contributed by atoms with E-state index in [0.717, 1.165) is 16.7 Å². The highest BCUT2D eigenvalue weighted by Gasteiger charge is 2.35. The molecule has 0 saturated heterocycles. The van der Waals surface area contributed by atoms with Crippen molar-refractivity contribution in [1.82, 2.24) is 0 Å². The van der Waals surface area contributed by atoms with Crippen LogP contribution in [0.2, 0.25) is 0 Å². The maximum atomic E-state index is 12.4. The molecule has 0 fully saturated rings. The fourth-order valence-corrected chi connectivity index (χ4v) is 2.11. The molecule has 5 heteroatoms. The lowest BCUT2D eigenvalue weighted by atomic mass is 9.95. The summed E-state index contributed by atoms with van der Waals surface area (Å²) < 4.78 is 37.3. The standard InChI is InChI=1S/C9H11F3OS/c1-5(6(2)13)7-3-14-4-8(7)9(10,11)12/h3-6,13H,1-2H3. The van der Waals surface area contributed by atoms with Crippen molar-refractivity contribution in [3.63, 3.8) is 0 Å². The van der Waals surface area contributed by atoms with Crippen LogP contribution in [0, 0.1) is 0 Å². The van der Waals surface area contributed by atoms with Crippen LogP contribution in [0.25, 0.3) is 0 Å². The van der Waals surface area contributed by atoms with Crippen LogP contribution in [0.1, 0.15) is 30.9 Å². The van der Waals surface area contributed by atoms with Gasteiger partial charge >= 0.3 is 6.18 Å². The molecule has 1 rings (SSSR count). The maximum absolute atomic E-state index is 12.4. The Morgan fingerprint density at radius 3 is 2.29 bits per heavy atom. The number of halogens is 3. The van der Waals surface area contributed by atoms with Crippen LogP contribution in [-0.4, -0.2) is 11.2 Å². The molecule has 0 bridgehead atoms. The van der Waals surface area contributed by atoms with E-state index >= 15 is 0 Å². The first-order valence-electron chi connectivity index (χ1n) is 4.15. The molecule has 0 amide bonds. The Kier molecular flexibility index (Phi) is 3.21. The van der Waals surface area contributed by atoms with Crippen molar-refractivity contribution in [1.29, 1.82) is 0 Å². The summed E-state index contributed by atoms with van der Waals surface area (Å²) in [7, 11) is 0. The van der Waals surface area contributed by atoms with Crippen LogP contribution in [0.4, 0.5) is 13.2 Å². The zero-order valence-electron chi connectivity index (χ0n) is 7.80. The number of hydrogen-bond acceptors (Lipinski definition) is 2. The zero-order chi connectivity index (χ0) is 10.9. The van der Waals surface area contributed by atoms with Crippen molar-refractivity contribution < 1.29 is 18.3 Å². The third-order valence-corrected chi connectivity index (χ3v) is 2.97. The molecule has 0 radical (unpaired) electrons. The van der Waals surface area contributed by atoms with Gasteiger partial charge in [0.25, 0.3) is 0 Å². The summed E-state index contributed by atoms with van der Waals surface area (Å²) in [6.07, 6.45) is -5.09. The van der Waals surface area contributed by atoms with E-state index in [1.165, 1.54) is 12.3 Å². The fourth-order valence-electron chi connectivity index (χ4n) is 1.15. The Morgan fingerprint density at radius 2 is 1.86 bits per heavy atom. The minimum atomic E-state index is -4.32. The molecular weight excluding hydrogens is 213 g/mol. The van der Waals surface area contributed by atoms with Gasteiger partial charge in [-0.2, -0.15) is 24.5 Å². The largest absolute Gasteiger partial charge is 0.417 e. The Bertz CT molecular complexity index is 303. The minimum absolute atomic E-state index is 0.178. The zero-order valence-corrected chi connectivity index (χ0v) is 8.62. The van der Waals surface area contributed by atoms with E-state index in [9.17, 15) is 18.3 Å². The number of aliphatic hydroxyl groups is 1. The summed E-state index contributed by atoms with van der Waals surface area (Å²) in [5.41, 5.74) is -0.451. The van der Waals surface area contributed by atoms with Crippen molar-refractivity contribution in [2.75, 3.05) is 0 Å². The maximum Gasteiger partial charge on any atom is 0.417 e. The van der Waals surface area contributed by atoms with E-state index in [2.05, 4.69) is 0 Å². The smallest absolute Gasteiger partial charge is 0.393 e. The average molecular weight is 224 g/mol. The highest BCUT2D eigenvalue weighted by atomic mass is 32.1. The number of aliphatic hydroxyl groups excluding tert-OH is 1. The lowest BCUT2D eigenvalue weighted by molar-refractivity contribution is -0.138. The molecule has 0 aliphatic heterocycles. The summed E-state index contributed by atoms with van der Waals surface area (Å²) in [5, 5.41) is 11.7. The van der Waals surface area contributed by atoms with Gasteiger partial charge in [0.15, 0.2) is 0 Å². The van der Waals surface area contributed by atoms with Gasteiger partial charge in [-0.1, -0.05) is 6.92 Å². The summed E-state index contributed by atoms with van der Waals surface area (Å²) in [4.78, 5) is 0. The average Bonchev–Trinajstić information content (AvgIpc) is 2.48. The van der Waals surface area contributed by atoms with Gasteiger partial charge in [-0.25, -0.2) is 0 Å². The fraction of sp³-hybridized carbons (Fsp3) is 0.556. The molecule has 2 unspecified atom stereocenters. The van der Waals surface area contributed by atoms with Gasteiger partial charge in [0.2, 0.25) is 0 Å². The second kappa shape index (κ2) is 3.90. The third-order valence-electron chi connectivity index (χ3n) is 2.21. The van der Waals surface area contributed by atoms with Crippen molar-refractivity contribution in [2.24, 2.45) is 0 Å². The van der Waals surface area contributed by atoms with Crippen molar-refractivity contribution in [2.45, 2.75) is 32.0 Å². The van der Waals surface area contributed by atoms with E-state index in [1.54, 1.807) is 6.92 Å². The van der Waals surface area contributed by atoms with Gasteiger partial charge < -0.3 is 5.11 Å². The number of thiophene rings is 1. The molecular formula is C9H11F3OS. The van der Waals surface area contributed by atoms with Crippen molar-refractivity contribution in [3.05, 3.63) is 21.9 Å². The van der Waals surface area contributed by atoms with E-state index in [0.29, 0.717) is 0 Å². The van der Waals surface area contributed by atoms with Gasteiger partial charge in [-0.15, -0.1) is 0 Å². The van der Waals surface area contributed by atoms with E-state index in [4.69, 9.17) is 0 Å². The summed E-state index contributed by atoms with van der Waals surface area (Å²) in [6.45, 7) is 3.07. The molecule has 0 spiro atoms. The molecule has 1 N–H and O–H groups in total. The number of hydrogen-bond donors (Lipinski definition) is 1. The van der Waals surface area contributed by atoms with Crippen LogP contribution in [0.5, 0.6) is 0 Å². The highest BCUT2D eigenvalue weighted by Crippen LogP contribution is 2.38. The summed E-state index contributed by atoms with van der Waals surface area (Å²) in [5.74, 6) is -0.488. The lowest BCUT2D eigenvalue weighted by Gasteiger charge is -2.16. The first kappa shape index (κ1) is 11.5. The third kappa shape index (κ3) is 2.27. The molecule has 1 aromatic heterocycles. The monoisotopic (exact) mass is 224 g/mol. The predicted octanol–water partition coefficient (Wildman–Crippen LogP) is 3.25. The van der Waals surface area contributed by atoms with E-state index in [1.807, 2.05) is 0 Å². The molecule has 0 aromatic carbocycles. The molecule has 1 nitrogen and oxygen atoms in total. The van der Waals surface area contributed by atoms with Gasteiger partial charge in [-0.05, 0) is 17.9 Å². The van der Waals surface area contributed by atoms with Crippen LogP contribution in [-0.2, 0) is 6.18 Å². The van der Waals surface area contributed by atoms with E-state index < -0.39 is 23.8 Å². The second-order valence-electron chi connectivity index (χ2n) is 3.27. The van der Waals surface area contributed by atoms with Gasteiger partial charge in [0.1, 0.15) is 0 Å². The predicted molar refractivity (Wildman–Crippen MR) is 49.4 cm³/mol. The first-order chi connectivity index (χ1) is 6.34.